The van der Waals surface area contributed by atoms with E-state index >= 15 is 0 Å². The Balaban J connectivity index is 0.00000578. The Labute approximate surface area is 214 Å². The van der Waals surface area contributed by atoms with E-state index in [-0.39, 0.29) is 23.2 Å². The summed E-state index contributed by atoms with van der Waals surface area (Å²) < 4.78 is 12.5. The Morgan fingerprint density at radius 1 is 0.882 bits per heavy atom. The lowest BCUT2D eigenvalue weighted by atomic mass is 9.80. The van der Waals surface area contributed by atoms with Gasteiger partial charge in [0.05, 0.1) is 27.3 Å². The normalized spacial score (nSPS) is 13.4. The van der Waals surface area contributed by atoms with Crippen molar-refractivity contribution in [2.75, 3.05) is 40.5 Å². The summed E-state index contributed by atoms with van der Waals surface area (Å²) in [5, 5.41) is 10.5. The summed E-state index contributed by atoms with van der Waals surface area (Å²) in [6.07, 6.45) is -0.512. The molecule has 1 atom stereocenters. The first-order valence-corrected chi connectivity index (χ1v) is 12.1. The number of hydrogen-bond donors (Lipinski definition) is 1. The molecule has 1 unspecified atom stereocenters. The summed E-state index contributed by atoms with van der Waals surface area (Å²) in [6.45, 7) is 18.2. The lowest BCUT2D eigenvalue weighted by Crippen LogP contribution is -3.00. The lowest BCUT2D eigenvalue weighted by molar-refractivity contribution is -0.906. The van der Waals surface area contributed by atoms with Gasteiger partial charge >= 0.3 is 0 Å². The fraction of sp³-hybridized carbons (Fsp3) is 0.586. The molecule has 4 nitrogen and oxygen atoms in total. The second kappa shape index (κ2) is 12.4. The Morgan fingerprint density at radius 3 is 2.06 bits per heavy atom. The fourth-order valence-electron chi connectivity index (χ4n) is 4.01. The predicted molar refractivity (Wildman–Crippen MR) is 138 cm³/mol. The van der Waals surface area contributed by atoms with Crippen LogP contribution in [0, 0.1) is 6.92 Å². The molecule has 0 fully saturated rings. The van der Waals surface area contributed by atoms with E-state index in [1.54, 1.807) is 0 Å². The maximum absolute atomic E-state index is 10.5. The number of ether oxygens (including phenoxy) is 2. The molecule has 0 saturated heterocycles. The highest BCUT2D eigenvalue weighted by atomic mass is 35.5. The quantitative estimate of drug-likeness (QED) is 0.410. The van der Waals surface area contributed by atoms with Gasteiger partial charge in [-0.1, -0.05) is 83.5 Å². The van der Waals surface area contributed by atoms with Crippen LogP contribution in [0.3, 0.4) is 0 Å². The van der Waals surface area contributed by atoms with Gasteiger partial charge in [0.25, 0.3) is 0 Å². The van der Waals surface area contributed by atoms with E-state index in [9.17, 15) is 5.11 Å². The molecule has 34 heavy (non-hydrogen) atoms. The van der Waals surface area contributed by atoms with Gasteiger partial charge in [0.2, 0.25) is 0 Å². The maximum Gasteiger partial charge on any atom is 0.126 e. The van der Waals surface area contributed by atoms with E-state index < -0.39 is 6.10 Å². The van der Waals surface area contributed by atoms with Crippen molar-refractivity contribution in [3.8, 4) is 5.75 Å². The number of aryl methyl sites for hydroxylation is 1. The highest BCUT2D eigenvalue weighted by molar-refractivity contribution is 5.43. The number of likely N-dealkylation sites (N-methyl/N-ethyl adjacent to an activating group) is 1. The van der Waals surface area contributed by atoms with Crippen LogP contribution in [0.25, 0.3) is 0 Å². The summed E-state index contributed by atoms with van der Waals surface area (Å²) in [5.41, 5.74) is 5.16. The minimum atomic E-state index is -0.512. The Hall–Kier alpha value is -1.59. The molecule has 0 amide bonds. The van der Waals surface area contributed by atoms with Crippen molar-refractivity contribution in [3.05, 3.63) is 64.7 Å². The first-order chi connectivity index (χ1) is 15.2. The third-order valence-electron chi connectivity index (χ3n) is 5.89. The van der Waals surface area contributed by atoms with Crippen molar-refractivity contribution in [3.63, 3.8) is 0 Å². The van der Waals surface area contributed by atoms with E-state index in [0.717, 1.165) is 12.3 Å². The average molecular weight is 492 g/mol. The summed E-state index contributed by atoms with van der Waals surface area (Å²) >= 11 is 0. The van der Waals surface area contributed by atoms with E-state index in [1.807, 2.05) is 0 Å². The van der Waals surface area contributed by atoms with Crippen molar-refractivity contribution < 1.29 is 31.5 Å². The number of quaternary nitrogens is 1. The number of halogens is 1. The molecule has 0 aliphatic heterocycles. The molecule has 2 aromatic carbocycles. The molecule has 0 spiro atoms. The second-order valence-electron chi connectivity index (χ2n) is 12.1. The number of nitrogens with zero attached hydrogens (tertiary/aromatic N) is 1. The second-order valence-corrected chi connectivity index (χ2v) is 12.1. The Morgan fingerprint density at radius 2 is 1.50 bits per heavy atom. The molecule has 2 rings (SSSR count). The number of benzene rings is 2. The van der Waals surface area contributed by atoms with Crippen LogP contribution >= 0.6 is 0 Å². The predicted octanol–water partition coefficient (Wildman–Crippen LogP) is 2.63. The van der Waals surface area contributed by atoms with Crippen LogP contribution in [0.5, 0.6) is 5.75 Å². The van der Waals surface area contributed by atoms with Gasteiger partial charge in [-0.3, -0.25) is 0 Å². The topological polar surface area (TPSA) is 38.7 Å². The zero-order valence-electron chi connectivity index (χ0n) is 22.7. The van der Waals surface area contributed by atoms with Crippen LogP contribution in [0.1, 0.15) is 63.8 Å². The zero-order chi connectivity index (χ0) is 24.9. The molecule has 0 bridgehead atoms. The van der Waals surface area contributed by atoms with Crippen molar-refractivity contribution >= 4 is 0 Å². The van der Waals surface area contributed by atoms with Crippen LogP contribution in [-0.4, -0.2) is 56.2 Å². The van der Waals surface area contributed by atoms with Gasteiger partial charge in [0.15, 0.2) is 0 Å². The van der Waals surface area contributed by atoms with Crippen LogP contribution in [0.15, 0.2) is 42.5 Å². The van der Waals surface area contributed by atoms with Crippen molar-refractivity contribution in [2.45, 2.75) is 71.9 Å². The molecule has 0 saturated carbocycles. The molecular formula is C29H46ClNO3. The van der Waals surface area contributed by atoms with Gasteiger partial charge in [-0.25, -0.2) is 0 Å². The highest BCUT2D eigenvalue weighted by Crippen LogP contribution is 2.35. The third-order valence-corrected chi connectivity index (χ3v) is 5.89. The monoisotopic (exact) mass is 491 g/mol. The van der Waals surface area contributed by atoms with Gasteiger partial charge in [-0.05, 0) is 34.9 Å². The summed E-state index contributed by atoms with van der Waals surface area (Å²) in [5.74, 6) is 0.913. The molecule has 0 radical (unpaired) electrons. The van der Waals surface area contributed by atoms with Crippen molar-refractivity contribution in [1.29, 1.82) is 0 Å². The number of aliphatic hydroxyl groups is 1. The highest BCUT2D eigenvalue weighted by Gasteiger charge is 2.24. The fourth-order valence-corrected chi connectivity index (χ4v) is 4.01. The van der Waals surface area contributed by atoms with Crippen LogP contribution in [-0.2, 0) is 22.1 Å². The SMILES string of the molecule is Cc1ccc(C[N+](C)(C)CC(O)COCCOc2ccc(C(C)(C)C)cc2C(C)(C)C)cc1.[Cl-]. The molecule has 5 heteroatoms. The van der Waals surface area contributed by atoms with E-state index in [1.165, 1.54) is 22.3 Å². The molecule has 1 N–H and O–H groups in total. The van der Waals surface area contributed by atoms with Crippen molar-refractivity contribution in [2.24, 2.45) is 0 Å². The van der Waals surface area contributed by atoms with Crippen molar-refractivity contribution in [1.82, 2.24) is 0 Å². The number of rotatable bonds is 10. The summed E-state index contributed by atoms with van der Waals surface area (Å²) in [4.78, 5) is 0. The van der Waals surface area contributed by atoms with Crippen LogP contribution in [0.4, 0.5) is 0 Å². The molecule has 0 aromatic heterocycles. The van der Waals surface area contributed by atoms with E-state index in [4.69, 9.17) is 9.47 Å². The zero-order valence-corrected chi connectivity index (χ0v) is 23.5. The minimum absolute atomic E-state index is 0. The molecule has 2 aromatic rings. The molecule has 0 aliphatic carbocycles. The van der Waals surface area contributed by atoms with Gasteiger partial charge in [0, 0.05) is 5.56 Å². The van der Waals surface area contributed by atoms with Crippen LogP contribution in [0.2, 0.25) is 0 Å². The lowest BCUT2D eigenvalue weighted by Gasteiger charge is -2.32. The van der Waals surface area contributed by atoms with Gasteiger partial charge in [-0.15, -0.1) is 0 Å². The Bertz CT molecular complexity index is 880. The first-order valence-electron chi connectivity index (χ1n) is 12.1. The first kappa shape index (κ1) is 30.4. The molecule has 0 aliphatic rings. The smallest absolute Gasteiger partial charge is 0.126 e. The number of hydrogen-bond acceptors (Lipinski definition) is 3. The Kier molecular flexibility index (Phi) is 11.1. The average Bonchev–Trinajstić information content (AvgIpc) is 2.67. The maximum atomic E-state index is 10.5. The summed E-state index contributed by atoms with van der Waals surface area (Å²) in [6, 6.07) is 15.1. The largest absolute Gasteiger partial charge is 1.00 e. The van der Waals surface area contributed by atoms with Crippen LogP contribution < -0.4 is 17.1 Å². The number of aliphatic hydroxyl groups excluding tert-OH is 1. The minimum Gasteiger partial charge on any atom is -1.00 e. The van der Waals surface area contributed by atoms with E-state index in [2.05, 4.69) is 105 Å². The third kappa shape index (κ3) is 9.95. The standard InChI is InChI=1S/C29H46NO3.ClH/c1-22-10-12-23(13-11-22)19-30(8,9)20-25(31)21-32-16-17-33-27-15-14-24(28(2,3)4)18-26(27)29(5,6)7;/h10-15,18,25,31H,16-17,19-21H2,1-9H3;1H/q+1;/p-1. The molecule has 192 valence electrons. The summed E-state index contributed by atoms with van der Waals surface area (Å²) in [7, 11) is 4.28. The van der Waals surface area contributed by atoms with Gasteiger partial charge in [0.1, 0.15) is 31.5 Å². The molecule has 0 heterocycles. The van der Waals surface area contributed by atoms with Gasteiger partial charge < -0.3 is 31.5 Å². The van der Waals surface area contributed by atoms with Gasteiger partial charge in [-0.2, -0.15) is 0 Å². The molecular weight excluding hydrogens is 446 g/mol. The van der Waals surface area contributed by atoms with E-state index in [0.29, 0.717) is 30.8 Å².